The summed E-state index contributed by atoms with van der Waals surface area (Å²) >= 11 is 0. The second kappa shape index (κ2) is 9.65. The van der Waals surface area contributed by atoms with Crippen LogP contribution in [0.3, 0.4) is 0 Å². The average molecular weight is 468 g/mol. The number of hydrogen-bond acceptors (Lipinski definition) is 6. The lowest BCUT2D eigenvalue weighted by molar-refractivity contribution is 0.0730. The Morgan fingerprint density at radius 2 is 1.82 bits per heavy atom. The van der Waals surface area contributed by atoms with Crippen molar-refractivity contribution in [2.24, 2.45) is 5.10 Å². The predicted molar refractivity (Wildman–Crippen MR) is 124 cm³/mol. The lowest BCUT2D eigenvalue weighted by Gasteiger charge is -2.26. The molecule has 1 saturated heterocycles. The zero-order chi connectivity index (χ0) is 23.4. The van der Waals surface area contributed by atoms with Gasteiger partial charge >= 0.3 is 0 Å². The van der Waals surface area contributed by atoms with E-state index in [1.807, 2.05) is 48.9 Å². The van der Waals surface area contributed by atoms with E-state index >= 15 is 0 Å². The topological polar surface area (TPSA) is 106 Å². The second-order valence-corrected chi connectivity index (χ2v) is 9.51. The van der Waals surface area contributed by atoms with Gasteiger partial charge in [-0.1, -0.05) is 24.3 Å². The lowest BCUT2D eigenvalue weighted by atomic mass is 10.2. The number of nitrogens with one attached hydrogen (secondary N) is 1. The number of ether oxygens (including phenoxy) is 1. The molecule has 1 aliphatic rings. The SMILES string of the molecule is Cc1nn(-c2ccccc2)c(C)c1C=NNC(=O)c1cccc(S(=O)(=O)N2CCOCC2)c1. The van der Waals surface area contributed by atoms with Crippen LogP contribution in [-0.4, -0.2) is 60.9 Å². The van der Waals surface area contributed by atoms with Gasteiger partial charge in [0.15, 0.2) is 0 Å². The van der Waals surface area contributed by atoms with E-state index in [1.165, 1.54) is 16.4 Å². The molecule has 0 unspecified atom stereocenters. The van der Waals surface area contributed by atoms with E-state index in [1.54, 1.807) is 18.3 Å². The Morgan fingerprint density at radius 1 is 1.09 bits per heavy atom. The number of sulfonamides is 1. The minimum atomic E-state index is -3.69. The van der Waals surface area contributed by atoms with Gasteiger partial charge in [0.1, 0.15) is 0 Å². The minimum absolute atomic E-state index is 0.0665. The summed E-state index contributed by atoms with van der Waals surface area (Å²) < 4.78 is 34.1. The van der Waals surface area contributed by atoms with Crippen LogP contribution in [0.5, 0.6) is 0 Å². The molecule has 1 N–H and O–H groups in total. The second-order valence-electron chi connectivity index (χ2n) is 7.58. The molecule has 0 aliphatic carbocycles. The Bertz CT molecular complexity index is 1280. The maximum absolute atomic E-state index is 12.9. The van der Waals surface area contributed by atoms with Crippen molar-refractivity contribution in [2.45, 2.75) is 18.7 Å². The molecule has 0 saturated carbocycles. The van der Waals surface area contributed by atoms with E-state index in [2.05, 4.69) is 15.6 Å². The number of amides is 1. The van der Waals surface area contributed by atoms with Crippen molar-refractivity contribution in [3.05, 3.63) is 77.1 Å². The van der Waals surface area contributed by atoms with Crippen molar-refractivity contribution in [3.63, 3.8) is 0 Å². The first kappa shape index (κ1) is 22.8. The molecule has 172 valence electrons. The van der Waals surface area contributed by atoms with Crippen LogP contribution in [0.25, 0.3) is 5.69 Å². The Kier molecular flexibility index (Phi) is 6.68. The van der Waals surface area contributed by atoms with Crippen LogP contribution in [0.4, 0.5) is 0 Å². The van der Waals surface area contributed by atoms with Crippen molar-refractivity contribution in [1.82, 2.24) is 19.5 Å². The molecule has 0 bridgehead atoms. The van der Waals surface area contributed by atoms with Crippen LogP contribution < -0.4 is 5.43 Å². The number of rotatable bonds is 6. The molecule has 1 amide bonds. The molecule has 3 aromatic rings. The number of para-hydroxylation sites is 1. The molecular formula is C23H25N5O4S. The van der Waals surface area contributed by atoms with Crippen LogP contribution in [0.1, 0.15) is 27.3 Å². The third-order valence-electron chi connectivity index (χ3n) is 5.41. The molecule has 10 heteroatoms. The fraction of sp³-hybridized carbons (Fsp3) is 0.261. The minimum Gasteiger partial charge on any atom is -0.379 e. The smallest absolute Gasteiger partial charge is 0.271 e. The van der Waals surface area contributed by atoms with Crippen LogP contribution in [0.15, 0.2) is 64.6 Å². The number of nitrogens with zero attached hydrogens (tertiary/aromatic N) is 4. The normalized spacial score (nSPS) is 15.1. The molecule has 1 aliphatic heterocycles. The molecule has 9 nitrogen and oxygen atoms in total. The zero-order valence-corrected chi connectivity index (χ0v) is 19.2. The molecule has 0 atom stereocenters. The van der Waals surface area contributed by atoms with Gasteiger partial charge in [-0.15, -0.1) is 0 Å². The molecule has 2 aromatic carbocycles. The number of aromatic nitrogens is 2. The predicted octanol–water partition coefficient (Wildman–Crippen LogP) is 2.27. The first-order valence-corrected chi connectivity index (χ1v) is 11.9. The number of hydrogen-bond donors (Lipinski definition) is 1. The van der Waals surface area contributed by atoms with E-state index in [0.29, 0.717) is 26.3 Å². The summed E-state index contributed by atoms with van der Waals surface area (Å²) in [6, 6.07) is 15.7. The standard InChI is InChI=1S/C23H25N5O4S/c1-17-22(18(2)28(26-17)20-8-4-3-5-9-20)16-24-25-23(29)19-7-6-10-21(15-19)33(30,31)27-11-13-32-14-12-27/h3-10,15-16H,11-14H2,1-2H3,(H,25,29). The molecule has 2 heterocycles. The monoisotopic (exact) mass is 467 g/mol. The number of carbonyl (C=O) groups is 1. The molecule has 33 heavy (non-hydrogen) atoms. The Labute approximate surface area is 192 Å². The van der Waals surface area contributed by atoms with E-state index in [4.69, 9.17) is 4.74 Å². The lowest BCUT2D eigenvalue weighted by Crippen LogP contribution is -2.40. The van der Waals surface area contributed by atoms with E-state index in [-0.39, 0.29) is 10.5 Å². The van der Waals surface area contributed by atoms with E-state index in [9.17, 15) is 13.2 Å². The highest BCUT2D eigenvalue weighted by Crippen LogP contribution is 2.19. The highest BCUT2D eigenvalue weighted by molar-refractivity contribution is 7.89. The van der Waals surface area contributed by atoms with E-state index < -0.39 is 15.9 Å². The molecule has 0 spiro atoms. The number of carbonyl (C=O) groups excluding carboxylic acids is 1. The highest BCUT2D eigenvalue weighted by Gasteiger charge is 2.26. The van der Waals surface area contributed by atoms with Crippen LogP contribution in [0, 0.1) is 13.8 Å². The Morgan fingerprint density at radius 3 is 2.55 bits per heavy atom. The van der Waals surface area contributed by atoms with Crippen molar-refractivity contribution < 1.29 is 17.9 Å². The van der Waals surface area contributed by atoms with Gasteiger partial charge in [-0.3, -0.25) is 4.79 Å². The quantitative estimate of drug-likeness (QED) is 0.442. The van der Waals surface area contributed by atoms with Gasteiger partial charge in [0.2, 0.25) is 10.0 Å². The van der Waals surface area contributed by atoms with Crippen LogP contribution in [0.2, 0.25) is 0 Å². The highest BCUT2D eigenvalue weighted by atomic mass is 32.2. The summed E-state index contributed by atoms with van der Waals surface area (Å²) in [7, 11) is -3.69. The van der Waals surface area contributed by atoms with Gasteiger partial charge in [0, 0.05) is 24.2 Å². The first-order chi connectivity index (χ1) is 15.9. The molecule has 0 radical (unpaired) electrons. The van der Waals surface area contributed by atoms with Crippen molar-refractivity contribution >= 4 is 22.1 Å². The number of benzene rings is 2. The van der Waals surface area contributed by atoms with Gasteiger partial charge in [-0.25, -0.2) is 18.5 Å². The first-order valence-electron chi connectivity index (χ1n) is 10.5. The molecule has 4 rings (SSSR count). The number of hydrazone groups is 1. The Hall–Kier alpha value is -3.34. The van der Waals surface area contributed by atoms with Crippen LogP contribution in [-0.2, 0) is 14.8 Å². The van der Waals surface area contributed by atoms with Gasteiger partial charge in [0.25, 0.3) is 5.91 Å². The summed E-state index contributed by atoms with van der Waals surface area (Å²) in [5.41, 5.74) is 6.06. The van der Waals surface area contributed by atoms with E-state index in [0.717, 1.165) is 22.6 Å². The van der Waals surface area contributed by atoms with Gasteiger partial charge in [-0.05, 0) is 44.2 Å². The number of aryl methyl sites for hydroxylation is 1. The summed E-state index contributed by atoms with van der Waals surface area (Å²) in [5.74, 6) is -0.504. The molecule has 1 aromatic heterocycles. The molecule has 1 fully saturated rings. The maximum Gasteiger partial charge on any atom is 0.271 e. The third-order valence-corrected chi connectivity index (χ3v) is 7.31. The maximum atomic E-state index is 12.9. The molecular weight excluding hydrogens is 442 g/mol. The fourth-order valence-electron chi connectivity index (χ4n) is 3.62. The summed E-state index contributed by atoms with van der Waals surface area (Å²) in [6.45, 7) is 5.09. The Balaban J connectivity index is 1.49. The summed E-state index contributed by atoms with van der Waals surface area (Å²) in [6.07, 6.45) is 1.54. The third kappa shape index (κ3) is 4.87. The van der Waals surface area contributed by atoms with Crippen molar-refractivity contribution in [3.8, 4) is 5.69 Å². The fourth-order valence-corrected chi connectivity index (χ4v) is 5.07. The van der Waals surface area contributed by atoms with Gasteiger partial charge in [0.05, 0.1) is 41.4 Å². The largest absolute Gasteiger partial charge is 0.379 e. The van der Waals surface area contributed by atoms with Crippen molar-refractivity contribution in [2.75, 3.05) is 26.3 Å². The zero-order valence-electron chi connectivity index (χ0n) is 18.4. The van der Waals surface area contributed by atoms with Crippen LogP contribution >= 0.6 is 0 Å². The van der Waals surface area contributed by atoms with Gasteiger partial charge in [-0.2, -0.15) is 14.5 Å². The van der Waals surface area contributed by atoms with Crippen molar-refractivity contribution in [1.29, 1.82) is 0 Å². The number of morpholine rings is 1. The van der Waals surface area contributed by atoms with Gasteiger partial charge < -0.3 is 4.74 Å². The summed E-state index contributed by atoms with van der Waals surface area (Å²) in [5, 5.41) is 8.63. The average Bonchev–Trinajstić information content (AvgIpc) is 3.13. The summed E-state index contributed by atoms with van der Waals surface area (Å²) in [4.78, 5) is 12.7.